The normalized spacial score (nSPS) is 16.6. The quantitative estimate of drug-likeness (QED) is 0.739. The van der Waals surface area contributed by atoms with Crippen LogP contribution in [0.2, 0.25) is 0 Å². The molecule has 1 aromatic rings. The number of amides is 1. The largest absolute Gasteiger partial charge is 0.475 e. The van der Waals surface area contributed by atoms with E-state index in [0.717, 1.165) is 37.8 Å². The monoisotopic (exact) mass is 336 g/mol. The van der Waals surface area contributed by atoms with Gasteiger partial charge in [-0.1, -0.05) is 19.3 Å². The summed E-state index contributed by atoms with van der Waals surface area (Å²) in [5.74, 6) is 0.460. The molecule has 1 amide bonds. The second kappa shape index (κ2) is 8.99. The molecule has 1 N–H and O–H groups in total. The Bertz CT molecular complexity index is 536. The van der Waals surface area contributed by atoms with E-state index >= 15 is 0 Å². The number of hydrogen-bond donors (Lipinski definition) is 1. The van der Waals surface area contributed by atoms with E-state index in [9.17, 15) is 4.79 Å². The van der Waals surface area contributed by atoms with Gasteiger partial charge >= 0.3 is 0 Å². The van der Waals surface area contributed by atoms with Crippen LogP contribution in [0.1, 0.15) is 44.7 Å². The number of rotatable bonds is 8. The molecule has 6 nitrogen and oxygen atoms in total. The van der Waals surface area contributed by atoms with Gasteiger partial charge < -0.3 is 19.5 Å². The topological polar surface area (TPSA) is 69.7 Å². The van der Waals surface area contributed by atoms with Gasteiger partial charge in [-0.15, -0.1) is 0 Å². The predicted molar refractivity (Wildman–Crippen MR) is 92.4 cm³/mol. The molecule has 0 atom stereocenters. The Morgan fingerprint density at radius 3 is 2.62 bits per heavy atom. The molecule has 24 heavy (non-hydrogen) atoms. The zero-order valence-electron chi connectivity index (χ0n) is 14.9. The molecule has 1 aliphatic carbocycles. The van der Waals surface area contributed by atoms with Gasteiger partial charge in [-0.05, 0) is 32.8 Å². The fraction of sp³-hybridized carbons (Fsp3) is 0.667. The van der Waals surface area contributed by atoms with Crippen molar-refractivity contribution in [3.05, 3.63) is 17.8 Å². The fourth-order valence-corrected chi connectivity index (χ4v) is 3.05. The van der Waals surface area contributed by atoms with Crippen molar-refractivity contribution >= 4 is 11.6 Å². The van der Waals surface area contributed by atoms with Gasteiger partial charge in [0.05, 0.1) is 18.0 Å². The molecule has 0 unspecified atom stereocenters. The van der Waals surface area contributed by atoms with E-state index in [4.69, 9.17) is 14.2 Å². The van der Waals surface area contributed by atoms with Gasteiger partial charge in [0, 0.05) is 19.8 Å². The van der Waals surface area contributed by atoms with Gasteiger partial charge in [0.1, 0.15) is 12.2 Å². The zero-order chi connectivity index (χ0) is 17.4. The first-order chi connectivity index (χ1) is 11.6. The van der Waals surface area contributed by atoms with E-state index in [2.05, 4.69) is 10.3 Å². The second-order valence-corrected chi connectivity index (χ2v) is 6.07. The van der Waals surface area contributed by atoms with E-state index in [1.807, 2.05) is 19.9 Å². The highest BCUT2D eigenvalue weighted by molar-refractivity contribution is 5.97. The highest BCUT2D eigenvalue weighted by Gasteiger charge is 2.40. The third-order valence-corrected chi connectivity index (χ3v) is 4.34. The molecule has 1 heterocycles. The molecule has 134 valence electrons. The van der Waals surface area contributed by atoms with Crippen LogP contribution in [0.25, 0.3) is 0 Å². The lowest BCUT2D eigenvalue weighted by molar-refractivity contribution is -0.145. The molecule has 6 heteroatoms. The summed E-state index contributed by atoms with van der Waals surface area (Å²) in [7, 11) is 1.63. The van der Waals surface area contributed by atoms with Crippen LogP contribution in [0.3, 0.4) is 0 Å². The molecule has 0 saturated heterocycles. The summed E-state index contributed by atoms with van der Waals surface area (Å²) in [4.78, 5) is 17.2. The van der Waals surface area contributed by atoms with Crippen LogP contribution >= 0.6 is 0 Å². The second-order valence-electron chi connectivity index (χ2n) is 6.07. The smallest absolute Gasteiger partial charge is 0.256 e. The first-order valence-electron chi connectivity index (χ1n) is 8.66. The maximum Gasteiger partial charge on any atom is 0.256 e. The van der Waals surface area contributed by atoms with Crippen molar-refractivity contribution in [1.82, 2.24) is 4.98 Å². The zero-order valence-corrected chi connectivity index (χ0v) is 14.9. The van der Waals surface area contributed by atoms with Crippen molar-refractivity contribution in [3.8, 4) is 5.88 Å². The number of aromatic nitrogens is 1. The molecular formula is C18H28N2O4. The van der Waals surface area contributed by atoms with Crippen molar-refractivity contribution < 1.29 is 19.0 Å². The molecule has 1 aromatic heterocycles. The van der Waals surface area contributed by atoms with Gasteiger partial charge in [0.25, 0.3) is 5.91 Å². The van der Waals surface area contributed by atoms with Crippen molar-refractivity contribution in [2.24, 2.45) is 0 Å². The van der Waals surface area contributed by atoms with Gasteiger partial charge in [-0.2, -0.15) is 0 Å². The van der Waals surface area contributed by atoms with E-state index in [1.165, 1.54) is 0 Å². The van der Waals surface area contributed by atoms with Crippen LogP contribution in [-0.4, -0.2) is 43.4 Å². The average Bonchev–Trinajstić information content (AvgIpc) is 2.58. The molecule has 0 aromatic carbocycles. The minimum atomic E-state index is -0.701. The Labute approximate surface area is 143 Å². The molecular weight excluding hydrogens is 308 g/mol. The number of methoxy groups -OCH3 is 1. The van der Waals surface area contributed by atoms with Crippen LogP contribution in [0.5, 0.6) is 5.88 Å². The lowest BCUT2D eigenvalue weighted by Gasteiger charge is -2.35. The Morgan fingerprint density at radius 2 is 2.00 bits per heavy atom. The minimum Gasteiger partial charge on any atom is -0.475 e. The van der Waals surface area contributed by atoms with E-state index in [0.29, 0.717) is 31.4 Å². The van der Waals surface area contributed by atoms with E-state index in [-0.39, 0.29) is 5.91 Å². The summed E-state index contributed by atoms with van der Waals surface area (Å²) in [6.45, 7) is 5.28. The molecule has 1 aliphatic rings. The van der Waals surface area contributed by atoms with E-state index in [1.54, 1.807) is 13.2 Å². The Hall–Kier alpha value is -1.66. The molecule has 2 rings (SSSR count). The molecule has 0 bridgehead atoms. The Balaban J connectivity index is 2.04. The average molecular weight is 336 g/mol. The number of pyridine rings is 1. The SMILES string of the molecule is CCOC1(C(=O)Nc2ccc(OCCOC)nc2C)CCCCC1. The summed E-state index contributed by atoms with van der Waals surface area (Å²) in [5, 5.41) is 2.99. The summed E-state index contributed by atoms with van der Waals surface area (Å²) in [6, 6.07) is 3.58. The highest BCUT2D eigenvalue weighted by atomic mass is 16.5. The Kier molecular flexibility index (Phi) is 6.99. The molecule has 0 aliphatic heterocycles. The van der Waals surface area contributed by atoms with Gasteiger partial charge in [-0.25, -0.2) is 4.98 Å². The fourth-order valence-electron chi connectivity index (χ4n) is 3.05. The first-order valence-corrected chi connectivity index (χ1v) is 8.66. The van der Waals surface area contributed by atoms with Gasteiger partial charge in [0.15, 0.2) is 0 Å². The minimum absolute atomic E-state index is 0.0676. The predicted octanol–water partition coefficient (Wildman–Crippen LogP) is 3.09. The van der Waals surface area contributed by atoms with Crippen LogP contribution in [0.15, 0.2) is 12.1 Å². The molecule has 1 saturated carbocycles. The number of nitrogens with zero attached hydrogens (tertiary/aromatic N) is 1. The van der Waals surface area contributed by atoms with Gasteiger partial charge in [-0.3, -0.25) is 4.79 Å². The van der Waals surface area contributed by atoms with E-state index < -0.39 is 5.60 Å². The lowest BCUT2D eigenvalue weighted by Crippen LogP contribution is -2.47. The number of carbonyl (C=O) groups excluding carboxylic acids is 1. The maximum absolute atomic E-state index is 12.8. The standard InChI is InChI=1S/C18H28N2O4/c1-4-24-18(10-6-5-7-11-18)17(21)20-15-8-9-16(19-14(15)2)23-13-12-22-3/h8-9H,4-7,10-13H2,1-3H3,(H,20,21). The third kappa shape index (κ3) is 4.68. The number of nitrogens with one attached hydrogen (secondary N) is 1. The van der Waals surface area contributed by atoms with Crippen molar-refractivity contribution in [3.63, 3.8) is 0 Å². The maximum atomic E-state index is 12.8. The highest BCUT2D eigenvalue weighted by Crippen LogP contribution is 2.33. The number of hydrogen-bond acceptors (Lipinski definition) is 5. The van der Waals surface area contributed by atoms with Crippen LogP contribution in [0, 0.1) is 6.92 Å². The van der Waals surface area contributed by atoms with Crippen LogP contribution in [0.4, 0.5) is 5.69 Å². The Morgan fingerprint density at radius 1 is 1.25 bits per heavy atom. The first kappa shape index (κ1) is 18.7. The third-order valence-electron chi connectivity index (χ3n) is 4.34. The lowest BCUT2D eigenvalue weighted by atomic mass is 9.83. The van der Waals surface area contributed by atoms with Crippen LogP contribution in [-0.2, 0) is 14.3 Å². The van der Waals surface area contributed by atoms with Crippen molar-refractivity contribution in [2.75, 3.05) is 32.2 Å². The van der Waals surface area contributed by atoms with Crippen molar-refractivity contribution in [2.45, 2.75) is 51.6 Å². The van der Waals surface area contributed by atoms with Gasteiger partial charge in [0.2, 0.25) is 5.88 Å². The number of aryl methyl sites for hydroxylation is 1. The van der Waals surface area contributed by atoms with Crippen molar-refractivity contribution in [1.29, 1.82) is 0 Å². The summed E-state index contributed by atoms with van der Waals surface area (Å²) >= 11 is 0. The summed E-state index contributed by atoms with van der Waals surface area (Å²) in [6.07, 6.45) is 4.76. The summed E-state index contributed by atoms with van der Waals surface area (Å²) < 4.78 is 16.3. The number of carbonyl (C=O) groups is 1. The van der Waals surface area contributed by atoms with Crippen LogP contribution < -0.4 is 10.1 Å². The summed E-state index contributed by atoms with van der Waals surface area (Å²) in [5.41, 5.74) is 0.719. The number of ether oxygens (including phenoxy) is 3. The molecule has 1 fully saturated rings. The molecule has 0 radical (unpaired) electrons. The number of anilines is 1. The molecule has 0 spiro atoms.